The van der Waals surface area contributed by atoms with Crippen molar-refractivity contribution in [3.8, 4) is 17.2 Å². The van der Waals surface area contributed by atoms with E-state index in [0.717, 1.165) is 23.4 Å². The topological polar surface area (TPSA) is 98.8 Å². The van der Waals surface area contributed by atoms with Crippen LogP contribution < -0.4 is 24.8 Å². The molecule has 2 aliphatic rings. The van der Waals surface area contributed by atoms with Gasteiger partial charge in [-0.05, 0) is 49.6 Å². The molecule has 1 unspecified atom stereocenters. The van der Waals surface area contributed by atoms with E-state index in [1.807, 2.05) is 18.2 Å². The largest absolute Gasteiger partial charge is 0.497 e. The third kappa shape index (κ3) is 3.99. The summed E-state index contributed by atoms with van der Waals surface area (Å²) in [6.45, 7) is 0.152. The van der Waals surface area contributed by atoms with Crippen molar-refractivity contribution in [1.29, 1.82) is 0 Å². The number of fused-ring (bicyclic) bond motifs is 2. The Bertz CT molecular complexity index is 1190. The number of aromatic nitrogens is 1. The molecule has 8 nitrogen and oxygen atoms in total. The Morgan fingerprint density at radius 3 is 2.88 bits per heavy atom. The minimum absolute atomic E-state index is 0.113. The second-order valence-electron chi connectivity index (χ2n) is 7.52. The van der Waals surface area contributed by atoms with Crippen LogP contribution in [0.15, 0.2) is 42.5 Å². The Morgan fingerprint density at radius 1 is 1.12 bits per heavy atom. The van der Waals surface area contributed by atoms with Gasteiger partial charge in [-0.1, -0.05) is 6.07 Å². The Kier molecular flexibility index (Phi) is 5.40. The molecule has 2 aromatic carbocycles. The maximum atomic E-state index is 13.0. The van der Waals surface area contributed by atoms with Gasteiger partial charge in [0.2, 0.25) is 12.7 Å². The van der Waals surface area contributed by atoms with Crippen LogP contribution in [0, 0.1) is 0 Å². The number of nitrogens with one attached hydrogen (secondary N) is 2. The number of rotatable bonds is 5. The lowest BCUT2D eigenvalue weighted by molar-refractivity contribution is -0.117. The molecule has 1 aliphatic heterocycles. The first-order valence-corrected chi connectivity index (χ1v) is 11.1. The van der Waals surface area contributed by atoms with E-state index in [0.29, 0.717) is 40.1 Å². The molecule has 164 valence electrons. The van der Waals surface area contributed by atoms with Gasteiger partial charge < -0.3 is 19.5 Å². The standard InChI is InChI=1S/C23H21N3O5S/c1-29-15-5-2-4-14(11-15)24-22(28)16-6-3-7-19-20(16)25-23(32-19)26-21(27)13-8-9-17-18(10-13)31-12-30-17/h2,4-5,8-11,16H,3,6-7,12H2,1H3,(H,24,28)(H,25,26,27). The van der Waals surface area contributed by atoms with E-state index in [-0.39, 0.29) is 24.5 Å². The van der Waals surface area contributed by atoms with Crippen molar-refractivity contribution in [3.05, 3.63) is 58.6 Å². The van der Waals surface area contributed by atoms with Gasteiger partial charge in [-0.2, -0.15) is 0 Å². The second-order valence-corrected chi connectivity index (χ2v) is 8.60. The predicted molar refractivity (Wildman–Crippen MR) is 120 cm³/mol. The summed E-state index contributed by atoms with van der Waals surface area (Å²) in [5.74, 6) is 1.08. The maximum absolute atomic E-state index is 13.0. The zero-order chi connectivity index (χ0) is 22.1. The van der Waals surface area contributed by atoms with Crippen LogP contribution in [0.1, 0.15) is 39.7 Å². The lowest BCUT2D eigenvalue weighted by atomic mass is 9.90. The van der Waals surface area contributed by atoms with Crippen LogP contribution in [0.3, 0.4) is 0 Å². The highest BCUT2D eigenvalue weighted by molar-refractivity contribution is 7.16. The van der Waals surface area contributed by atoms with Gasteiger partial charge in [0.25, 0.3) is 5.91 Å². The van der Waals surface area contributed by atoms with E-state index in [1.165, 1.54) is 11.3 Å². The first kappa shape index (κ1) is 20.3. The number of carbonyl (C=O) groups excluding carboxylic acids is 2. The van der Waals surface area contributed by atoms with Gasteiger partial charge in [0.05, 0.1) is 18.7 Å². The lowest BCUT2D eigenvalue weighted by Crippen LogP contribution is -2.24. The van der Waals surface area contributed by atoms with Crippen molar-refractivity contribution in [2.45, 2.75) is 25.2 Å². The molecule has 1 aromatic heterocycles. The van der Waals surface area contributed by atoms with Crippen LogP contribution in [0.5, 0.6) is 17.2 Å². The zero-order valence-corrected chi connectivity index (χ0v) is 18.2. The molecule has 5 rings (SSSR count). The van der Waals surface area contributed by atoms with E-state index in [4.69, 9.17) is 14.2 Å². The summed E-state index contributed by atoms with van der Waals surface area (Å²) in [5.41, 5.74) is 1.87. The highest BCUT2D eigenvalue weighted by Crippen LogP contribution is 2.38. The number of thiazole rings is 1. The molecule has 32 heavy (non-hydrogen) atoms. The summed E-state index contributed by atoms with van der Waals surface area (Å²) in [4.78, 5) is 31.3. The van der Waals surface area contributed by atoms with E-state index in [2.05, 4.69) is 15.6 Å². The SMILES string of the molecule is COc1cccc(NC(=O)C2CCCc3sc(NC(=O)c4ccc5c(c4)OCO5)nc32)c1. The number of hydrogen-bond donors (Lipinski definition) is 2. The number of amides is 2. The minimum Gasteiger partial charge on any atom is -0.497 e. The Morgan fingerprint density at radius 2 is 2.00 bits per heavy atom. The fourth-order valence-electron chi connectivity index (χ4n) is 3.86. The molecule has 3 aromatic rings. The van der Waals surface area contributed by atoms with Crippen molar-refractivity contribution in [2.24, 2.45) is 0 Å². The smallest absolute Gasteiger partial charge is 0.257 e. The second kappa shape index (κ2) is 8.51. The van der Waals surface area contributed by atoms with E-state index < -0.39 is 0 Å². The van der Waals surface area contributed by atoms with E-state index in [1.54, 1.807) is 31.4 Å². The molecular formula is C23H21N3O5S. The molecular weight excluding hydrogens is 430 g/mol. The summed E-state index contributed by atoms with van der Waals surface area (Å²) in [7, 11) is 1.59. The number of nitrogens with zero attached hydrogens (tertiary/aromatic N) is 1. The summed E-state index contributed by atoms with van der Waals surface area (Å²) < 4.78 is 15.9. The van der Waals surface area contributed by atoms with Crippen LogP contribution in [0.2, 0.25) is 0 Å². The third-order valence-electron chi connectivity index (χ3n) is 5.46. The number of carbonyl (C=O) groups is 2. The number of benzene rings is 2. The lowest BCUT2D eigenvalue weighted by Gasteiger charge is -2.20. The van der Waals surface area contributed by atoms with Crippen LogP contribution in [0.4, 0.5) is 10.8 Å². The number of hydrogen-bond acceptors (Lipinski definition) is 7. The number of anilines is 2. The molecule has 2 heterocycles. The summed E-state index contributed by atoms with van der Waals surface area (Å²) in [5, 5.41) is 6.30. The third-order valence-corrected chi connectivity index (χ3v) is 6.51. The monoisotopic (exact) mass is 451 g/mol. The van der Waals surface area contributed by atoms with Crippen LogP contribution in [0.25, 0.3) is 0 Å². The summed E-state index contributed by atoms with van der Waals surface area (Å²) in [6.07, 6.45) is 2.44. The van der Waals surface area contributed by atoms with Crippen molar-refractivity contribution in [2.75, 3.05) is 24.5 Å². The molecule has 0 saturated carbocycles. The van der Waals surface area contributed by atoms with Gasteiger partial charge >= 0.3 is 0 Å². The Hall–Kier alpha value is -3.59. The molecule has 1 atom stereocenters. The Labute approximate surface area is 188 Å². The van der Waals surface area contributed by atoms with E-state index in [9.17, 15) is 9.59 Å². The summed E-state index contributed by atoms with van der Waals surface area (Å²) >= 11 is 1.42. The van der Waals surface area contributed by atoms with Crippen LogP contribution in [-0.4, -0.2) is 30.7 Å². The maximum Gasteiger partial charge on any atom is 0.257 e. The summed E-state index contributed by atoms with van der Waals surface area (Å²) in [6, 6.07) is 12.3. The molecule has 0 spiro atoms. The fourth-order valence-corrected chi connectivity index (χ4v) is 4.92. The predicted octanol–water partition coefficient (Wildman–Crippen LogP) is 4.19. The van der Waals surface area contributed by atoms with Crippen molar-refractivity contribution >= 4 is 34.0 Å². The average Bonchev–Trinajstić information content (AvgIpc) is 3.44. The van der Waals surface area contributed by atoms with Gasteiger partial charge in [0.1, 0.15) is 5.75 Å². The molecule has 1 aliphatic carbocycles. The zero-order valence-electron chi connectivity index (χ0n) is 17.3. The van der Waals surface area contributed by atoms with Crippen molar-refractivity contribution in [1.82, 2.24) is 4.98 Å². The van der Waals surface area contributed by atoms with Crippen molar-refractivity contribution < 1.29 is 23.8 Å². The van der Waals surface area contributed by atoms with Crippen molar-refractivity contribution in [3.63, 3.8) is 0 Å². The first-order chi connectivity index (χ1) is 15.6. The molecule has 2 amide bonds. The van der Waals surface area contributed by atoms with Gasteiger partial charge in [-0.25, -0.2) is 4.98 Å². The Balaban J connectivity index is 1.31. The minimum atomic E-state index is -0.364. The first-order valence-electron chi connectivity index (χ1n) is 10.3. The van der Waals surface area contributed by atoms with Gasteiger partial charge in [-0.3, -0.25) is 14.9 Å². The average molecular weight is 452 g/mol. The molecule has 0 saturated heterocycles. The molecule has 9 heteroatoms. The normalized spacial score (nSPS) is 16.2. The van der Waals surface area contributed by atoms with Gasteiger partial charge in [0.15, 0.2) is 16.6 Å². The van der Waals surface area contributed by atoms with Crippen LogP contribution in [-0.2, 0) is 11.2 Å². The number of aryl methyl sites for hydroxylation is 1. The van der Waals surface area contributed by atoms with Gasteiger partial charge in [-0.15, -0.1) is 11.3 Å². The highest BCUT2D eigenvalue weighted by Gasteiger charge is 2.31. The number of methoxy groups -OCH3 is 1. The van der Waals surface area contributed by atoms with Gasteiger partial charge in [0, 0.05) is 22.2 Å². The molecule has 0 bridgehead atoms. The fraction of sp³-hybridized carbons (Fsp3) is 0.261. The quantitative estimate of drug-likeness (QED) is 0.604. The molecule has 2 N–H and O–H groups in total. The highest BCUT2D eigenvalue weighted by atomic mass is 32.1. The number of ether oxygens (including phenoxy) is 3. The van der Waals surface area contributed by atoms with Crippen LogP contribution >= 0.6 is 11.3 Å². The van der Waals surface area contributed by atoms with E-state index >= 15 is 0 Å². The molecule has 0 radical (unpaired) electrons. The molecule has 0 fully saturated rings.